The fraction of sp³-hybridized carbons (Fsp3) is 0.929. The van der Waals surface area contributed by atoms with Gasteiger partial charge in [0.1, 0.15) is 12.2 Å². The highest BCUT2D eigenvalue weighted by Gasteiger charge is 2.54. The first kappa shape index (κ1) is 15.8. The zero-order valence-electron chi connectivity index (χ0n) is 13.4. The van der Waals surface area contributed by atoms with Crippen molar-refractivity contribution in [3.8, 4) is 0 Å². The predicted octanol–water partition coefficient (Wildman–Crippen LogP) is 2.62. The second-order valence-corrected chi connectivity index (χ2v) is 11.9. The van der Waals surface area contributed by atoms with Crippen LogP contribution in [0.4, 0.5) is 4.79 Å². The molecule has 20 heavy (non-hydrogen) atoms. The number of fused-ring (bicyclic) bond motifs is 1. The van der Waals surface area contributed by atoms with Crippen molar-refractivity contribution in [2.75, 3.05) is 19.7 Å². The van der Waals surface area contributed by atoms with E-state index in [1.54, 1.807) is 4.90 Å². The number of piperidine rings is 1. The van der Waals surface area contributed by atoms with Gasteiger partial charge >= 0.3 is 6.09 Å². The fourth-order valence-corrected chi connectivity index (χ4v) is 3.59. The Labute approximate surface area is 122 Å². The Morgan fingerprint density at radius 1 is 1.35 bits per heavy atom. The number of rotatable bonds is 3. The van der Waals surface area contributed by atoms with Gasteiger partial charge in [-0.2, -0.15) is 0 Å². The van der Waals surface area contributed by atoms with Crippen LogP contribution < -0.4 is 0 Å². The van der Waals surface area contributed by atoms with Gasteiger partial charge in [0.2, 0.25) is 0 Å². The number of carbonyl (C=O) groups excluding carboxylic acids is 1. The zero-order valence-corrected chi connectivity index (χ0v) is 14.4. The van der Waals surface area contributed by atoms with Gasteiger partial charge in [-0.1, -0.05) is 20.8 Å². The number of likely N-dealkylation sites (tertiary alicyclic amines) is 1. The third-order valence-electron chi connectivity index (χ3n) is 4.57. The van der Waals surface area contributed by atoms with Crippen LogP contribution >= 0.6 is 0 Å². The summed E-state index contributed by atoms with van der Waals surface area (Å²) < 4.78 is 17.2. The molecule has 0 aromatic carbocycles. The lowest BCUT2D eigenvalue weighted by atomic mass is 10.1. The Morgan fingerprint density at radius 3 is 2.55 bits per heavy atom. The van der Waals surface area contributed by atoms with Crippen molar-refractivity contribution in [3.05, 3.63) is 0 Å². The molecule has 2 aliphatic rings. The van der Waals surface area contributed by atoms with Gasteiger partial charge < -0.3 is 18.8 Å². The van der Waals surface area contributed by atoms with E-state index < -0.39 is 8.32 Å². The lowest BCUT2D eigenvalue weighted by Gasteiger charge is -2.41. The second kappa shape index (κ2) is 5.31. The van der Waals surface area contributed by atoms with Crippen LogP contribution in [0.15, 0.2) is 0 Å². The molecule has 1 amide bonds. The second-order valence-electron chi connectivity index (χ2n) is 7.16. The molecule has 2 rings (SSSR count). The molecule has 0 N–H and O–H groups in total. The third-order valence-corrected chi connectivity index (χ3v) is 9.07. The van der Waals surface area contributed by atoms with Crippen molar-refractivity contribution >= 4 is 14.4 Å². The van der Waals surface area contributed by atoms with E-state index in [0.717, 1.165) is 0 Å². The van der Waals surface area contributed by atoms with E-state index in [4.69, 9.17) is 13.9 Å². The summed E-state index contributed by atoms with van der Waals surface area (Å²) in [6.07, 6.45) is 0.0158. The van der Waals surface area contributed by atoms with Gasteiger partial charge in [-0.15, -0.1) is 0 Å². The summed E-state index contributed by atoms with van der Waals surface area (Å²) in [6.45, 7) is 14.5. The van der Waals surface area contributed by atoms with Gasteiger partial charge in [-0.05, 0) is 25.1 Å². The van der Waals surface area contributed by atoms with Crippen LogP contribution in [-0.4, -0.2) is 57.3 Å². The quantitative estimate of drug-likeness (QED) is 0.594. The first-order valence-electron chi connectivity index (χ1n) is 7.40. The number of epoxide rings is 1. The van der Waals surface area contributed by atoms with Gasteiger partial charge in [0.15, 0.2) is 8.32 Å². The summed E-state index contributed by atoms with van der Waals surface area (Å²) >= 11 is 0. The maximum Gasteiger partial charge on any atom is 0.409 e. The number of ether oxygens (including phenoxy) is 2. The molecular formula is C14H27NO4Si. The minimum Gasteiger partial charge on any atom is -0.450 e. The third kappa shape index (κ3) is 3.18. The zero-order chi connectivity index (χ0) is 15.1. The minimum absolute atomic E-state index is 0.0148. The molecule has 0 aliphatic carbocycles. The van der Waals surface area contributed by atoms with Crippen molar-refractivity contribution < 1.29 is 18.7 Å². The summed E-state index contributed by atoms with van der Waals surface area (Å²) in [7, 11) is -1.85. The number of hydrogen-bond donors (Lipinski definition) is 0. The van der Waals surface area contributed by atoms with E-state index in [2.05, 4.69) is 33.9 Å². The molecule has 0 bridgehead atoms. The molecule has 0 saturated carbocycles. The summed E-state index contributed by atoms with van der Waals surface area (Å²) in [4.78, 5) is 13.6. The highest BCUT2D eigenvalue weighted by molar-refractivity contribution is 6.74. The molecule has 2 aliphatic heterocycles. The Balaban J connectivity index is 2.00. The number of carbonyl (C=O) groups is 1. The summed E-state index contributed by atoms with van der Waals surface area (Å²) in [5, 5.41) is 0.156. The number of amides is 1. The Morgan fingerprint density at radius 2 is 2.00 bits per heavy atom. The number of nitrogens with zero attached hydrogens (tertiary/aromatic N) is 1. The van der Waals surface area contributed by atoms with Gasteiger partial charge in [0.05, 0.1) is 25.8 Å². The summed E-state index contributed by atoms with van der Waals surface area (Å²) in [6, 6.07) is 0. The molecule has 2 saturated heterocycles. The van der Waals surface area contributed by atoms with Crippen molar-refractivity contribution in [3.63, 3.8) is 0 Å². The highest BCUT2D eigenvalue weighted by Crippen LogP contribution is 2.41. The van der Waals surface area contributed by atoms with Crippen LogP contribution in [0.1, 0.15) is 27.7 Å². The molecule has 5 nitrogen and oxygen atoms in total. The average molecular weight is 301 g/mol. The predicted molar refractivity (Wildman–Crippen MR) is 79.3 cm³/mol. The molecule has 6 heteroatoms. The molecule has 0 aromatic heterocycles. The number of hydrogen-bond acceptors (Lipinski definition) is 4. The Kier molecular flexibility index (Phi) is 4.19. The van der Waals surface area contributed by atoms with Crippen LogP contribution in [-0.2, 0) is 13.9 Å². The average Bonchev–Trinajstić information content (AvgIpc) is 3.06. The summed E-state index contributed by atoms with van der Waals surface area (Å²) in [5.74, 6) is 0. The minimum atomic E-state index is -1.85. The van der Waals surface area contributed by atoms with Gasteiger partial charge in [-0.3, -0.25) is 0 Å². The first-order chi connectivity index (χ1) is 9.15. The van der Waals surface area contributed by atoms with E-state index in [1.165, 1.54) is 0 Å². The van der Waals surface area contributed by atoms with Crippen molar-refractivity contribution in [1.29, 1.82) is 0 Å². The van der Waals surface area contributed by atoms with Crippen LogP contribution in [0.2, 0.25) is 18.1 Å². The van der Waals surface area contributed by atoms with E-state index in [9.17, 15) is 4.79 Å². The van der Waals surface area contributed by atoms with Crippen molar-refractivity contribution in [2.24, 2.45) is 0 Å². The van der Waals surface area contributed by atoms with Gasteiger partial charge in [-0.25, -0.2) is 4.79 Å². The van der Waals surface area contributed by atoms with Crippen LogP contribution in [0.3, 0.4) is 0 Å². The molecule has 0 radical (unpaired) electrons. The van der Waals surface area contributed by atoms with Gasteiger partial charge in [0.25, 0.3) is 0 Å². The Bertz CT molecular complexity index is 380. The molecule has 2 fully saturated rings. The topological polar surface area (TPSA) is 51.3 Å². The molecular weight excluding hydrogens is 274 g/mol. The monoisotopic (exact) mass is 301 g/mol. The molecule has 0 unspecified atom stereocenters. The smallest absolute Gasteiger partial charge is 0.409 e. The molecule has 3 atom stereocenters. The molecule has 116 valence electrons. The van der Waals surface area contributed by atoms with Crippen LogP contribution in [0.25, 0.3) is 0 Å². The molecule has 0 spiro atoms. The normalized spacial score (nSPS) is 29.9. The molecule has 2 heterocycles. The van der Waals surface area contributed by atoms with Crippen molar-refractivity contribution in [1.82, 2.24) is 4.90 Å². The van der Waals surface area contributed by atoms with E-state index in [1.807, 2.05) is 6.92 Å². The van der Waals surface area contributed by atoms with E-state index in [0.29, 0.717) is 19.7 Å². The maximum atomic E-state index is 11.9. The van der Waals surface area contributed by atoms with Gasteiger partial charge in [0, 0.05) is 0 Å². The fourth-order valence-electron chi connectivity index (χ4n) is 2.27. The lowest BCUT2D eigenvalue weighted by molar-refractivity contribution is 0.0653. The standard InChI is InChI=1S/C14H27NO4Si/c1-7-17-13(16)15-8-10-12(18-10)11(9-15)19-20(5,6)14(2,3)4/h10-12H,7-9H2,1-6H3/t10-,11+,12-/m0/s1. The van der Waals surface area contributed by atoms with E-state index in [-0.39, 0.29) is 29.4 Å². The lowest BCUT2D eigenvalue weighted by Crippen LogP contribution is -2.53. The Hall–Kier alpha value is -0.593. The highest BCUT2D eigenvalue weighted by atomic mass is 28.4. The van der Waals surface area contributed by atoms with Crippen LogP contribution in [0.5, 0.6) is 0 Å². The largest absolute Gasteiger partial charge is 0.450 e. The van der Waals surface area contributed by atoms with E-state index >= 15 is 0 Å². The molecule has 0 aromatic rings. The SMILES string of the molecule is CCOC(=O)N1C[C@@H]2O[C@@H]2[C@H](O[Si](C)(C)C(C)(C)C)C1. The van der Waals surface area contributed by atoms with Crippen LogP contribution in [0, 0.1) is 0 Å². The first-order valence-corrected chi connectivity index (χ1v) is 10.3. The summed E-state index contributed by atoms with van der Waals surface area (Å²) in [5.41, 5.74) is 0. The maximum absolute atomic E-state index is 11.9. The van der Waals surface area contributed by atoms with Crippen molar-refractivity contribution in [2.45, 2.75) is 64.1 Å².